The molecule has 3 aromatic rings. The number of sulfonamides is 1. The van der Waals surface area contributed by atoms with Gasteiger partial charge in [-0.1, -0.05) is 6.07 Å². The zero-order valence-corrected chi connectivity index (χ0v) is 18.5. The molecule has 1 aliphatic rings. The van der Waals surface area contributed by atoms with Crippen molar-refractivity contribution in [3.05, 3.63) is 71.4 Å². The second kappa shape index (κ2) is 9.60. The number of oxazole rings is 1. The molecule has 1 fully saturated rings. The molecule has 1 aliphatic heterocycles. The Morgan fingerprint density at radius 1 is 1.16 bits per heavy atom. The van der Waals surface area contributed by atoms with Gasteiger partial charge in [-0.15, -0.1) is 0 Å². The van der Waals surface area contributed by atoms with Crippen molar-refractivity contribution in [2.45, 2.75) is 19.2 Å². The number of carbonyl (C=O) groups is 1. The number of nitrogens with one attached hydrogen (secondary N) is 1. The molecule has 0 radical (unpaired) electrons. The zero-order chi connectivity index (χ0) is 22.6. The molecule has 3 heterocycles. The Bertz CT molecular complexity index is 1170. The van der Waals surface area contributed by atoms with E-state index in [1.165, 1.54) is 4.31 Å². The lowest BCUT2D eigenvalue weighted by molar-refractivity contribution is 0.0729. The molecule has 0 unspecified atom stereocenters. The Morgan fingerprint density at radius 2 is 1.91 bits per heavy atom. The summed E-state index contributed by atoms with van der Waals surface area (Å²) in [5, 5.41) is 2.85. The van der Waals surface area contributed by atoms with Crippen LogP contribution in [0.2, 0.25) is 0 Å². The highest BCUT2D eigenvalue weighted by atomic mass is 32.2. The first-order valence-electron chi connectivity index (χ1n) is 10.2. The van der Waals surface area contributed by atoms with Crippen LogP contribution in [0.5, 0.6) is 0 Å². The maximum atomic E-state index is 12.7. The summed E-state index contributed by atoms with van der Waals surface area (Å²) in [5.41, 5.74) is 2.44. The highest BCUT2D eigenvalue weighted by Crippen LogP contribution is 2.24. The van der Waals surface area contributed by atoms with Gasteiger partial charge in [-0.2, -0.15) is 4.31 Å². The van der Waals surface area contributed by atoms with Gasteiger partial charge in [-0.3, -0.25) is 9.78 Å². The Balaban J connectivity index is 1.42. The van der Waals surface area contributed by atoms with Crippen LogP contribution in [0.3, 0.4) is 0 Å². The van der Waals surface area contributed by atoms with Crippen LogP contribution >= 0.6 is 0 Å². The average Bonchev–Trinajstić information content (AvgIpc) is 3.18. The number of pyridine rings is 1. The molecule has 2 aromatic heterocycles. The molecule has 4 rings (SSSR count). The molecule has 0 spiro atoms. The number of hydrogen-bond donors (Lipinski definition) is 1. The fraction of sp³-hybridized carbons (Fsp3) is 0.318. The fourth-order valence-corrected chi connectivity index (χ4v) is 4.83. The molecule has 0 atom stereocenters. The second-order valence-electron chi connectivity index (χ2n) is 7.41. The summed E-state index contributed by atoms with van der Waals surface area (Å²) >= 11 is 0. The molecule has 1 amide bonds. The number of amides is 1. The van der Waals surface area contributed by atoms with Crippen molar-refractivity contribution in [1.82, 2.24) is 19.6 Å². The van der Waals surface area contributed by atoms with Crippen molar-refractivity contribution in [2.24, 2.45) is 0 Å². The van der Waals surface area contributed by atoms with Gasteiger partial charge in [0, 0.05) is 43.2 Å². The lowest BCUT2D eigenvalue weighted by atomic mass is 10.1. The standard InChI is InChI=1S/C22H24N4O5S/c1-16-20(15-32(28,29)26-9-11-30-12-10-26)25-22(31-16)19-6-4-18(5-7-19)21(27)24-14-17-3-2-8-23-13-17/h2-8,13H,9-12,14-15H2,1H3,(H,24,27). The van der Waals surface area contributed by atoms with Crippen LogP contribution in [0.1, 0.15) is 27.4 Å². The molecular weight excluding hydrogens is 432 g/mol. The third kappa shape index (κ3) is 5.21. The summed E-state index contributed by atoms with van der Waals surface area (Å²) in [6.45, 7) is 3.55. The Hall–Kier alpha value is -3.08. The van der Waals surface area contributed by atoms with Gasteiger partial charge in [0.15, 0.2) is 0 Å². The second-order valence-corrected chi connectivity index (χ2v) is 9.38. The quantitative estimate of drug-likeness (QED) is 0.579. The van der Waals surface area contributed by atoms with E-state index in [2.05, 4.69) is 15.3 Å². The van der Waals surface area contributed by atoms with E-state index in [4.69, 9.17) is 9.15 Å². The summed E-state index contributed by atoms with van der Waals surface area (Å²) in [5.74, 6) is 0.338. The average molecular weight is 457 g/mol. The van der Waals surface area contributed by atoms with E-state index in [1.54, 1.807) is 43.6 Å². The van der Waals surface area contributed by atoms with Crippen molar-refractivity contribution in [2.75, 3.05) is 26.3 Å². The summed E-state index contributed by atoms with van der Waals surface area (Å²) in [4.78, 5) is 20.8. The van der Waals surface area contributed by atoms with Crippen LogP contribution in [-0.4, -0.2) is 54.9 Å². The maximum Gasteiger partial charge on any atom is 0.251 e. The normalized spacial score (nSPS) is 14.9. The van der Waals surface area contributed by atoms with Crippen LogP contribution in [0.25, 0.3) is 11.5 Å². The first-order valence-corrected chi connectivity index (χ1v) is 11.8. The van der Waals surface area contributed by atoms with Crippen molar-refractivity contribution in [3.63, 3.8) is 0 Å². The van der Waals surface area contributed by atoms with Gasteiger partial charge in [0.2, 0.25) is 15.9 Å². The Kier molecular flexibility index (Phi) is 6.63. The third-order valence-electron chi connectivity index (χ3n) is 5.15. The minimum absolute atomic E-state index is 0.207. The van der Waals surface area contributed by atoms with E-state index in [-0.39, 0.29) is 11.7 Å². The number of aromatic nitrogens is 2. The van der Waals surface area contributed by atoms with Gasteiger partial charge in [0.05, 0.1) is 18.9 Å². The topological polar surface area (TPSA) is 115 Å². The van der Waals surface area contributed by atoms with E-state index in [9.17, 15) is 13.2 Å². The van der Waals surface area contributed by atoms with Gasteiger partial charge >= 0.3 is 0 Å². The van der Waals surface area contributed by atoms with E-state index in [0.717, 1.165) is 5.56 Å². The van der Waals surface area contributed by atoms with Gasteiger partial charge < -0.3 is 14.5 Å². The number of ether oxygens (including phenoxy) is 1. The number of nitrogens with zero attached hydrogens (tertiary/aromatic N) is 3. The van der Waals surface area contributed by atoms with E-state index in [1.807, 2.05) is 12.1 Å². The molecule has 1 aromatic carbocycles. The van der Waals surface area contributed by atoms with Gasteiger partial charge in [-0.25, -0.2) is 13.4 Å². The lowest BCUT2D eigenvalue weighted by Gasteiger charge is -2.25. The lowest BCUT2D eigenvalue weighted by Crippen LogP contribution is -2.41. The first-order chi connectivity index (χ1) is 15.4. The van der Waals surface area contributed by atoms with Crippen LogP contribution < -0.4 is 5.32 Å². The molecule has 32 heavy (non-hydrogen) atoms. The Labute approximate surface area is 186 Å². The monoisotopic (exact) mass is 456 g/mol. The van der Waals surface area contributed by atoms with Crippen LogP contribution in [0, 0.1) is 6.92 Å². The molecule has 1 saturated heterocycles. The largest absolute Gasteiger partial charge is 0.441 e. The number of hydrogen-bond acceptors (Lipinski definition) is 7. The number of benzene rings is 1. The number of rotatable bonds is 7. The fourth-order valence-electron chi connectivity index (χ4n) is 3.33. The minimum atomic E-state index is -3.50. The highest BCUT2D eigenvalue weighted by Gasteiger charge is 2.27. The SMILES string of the molecule is Cc1oc(-c2ccc(C(=O)NCc3cccnc3)cc2)nc1CS(=O)(=O)N1CCOCC1. The summed E-state index contributed by atoms with van der Waals surface area (Å²) in [7, 11) is -3.50. The minimum Gasteiger partial charge on any atom is -0.441 e. The molecule has 0 bridgehead atoms. The predicted molar refractivity (Wildman–Crippen MR) is 117 cm³/mol. The van der Waals surface area contributed by atoms with Gasteiger partial charge in [-0.05, 0) is 42.8 Å². The van der Waals surface area contributed by atoms with Crippen LogP contribution in [-0.2, 0) is 27.1 Å². The maximum absolute atomic E-state index is 12.7. The van der Waals surface area contributed by atoms with E-state index in [0.29, 0.717) is 61.3 Å². The van der Waals surface area contributed by atoms with Crippen molar-refractivity contribution in [3.8, 4) is 11.5 Å². The molecule has 1 N–H and O–H groups in total. The molecule has 10 heteroatoms. The molecule has 0 aliphatic carbocycles. The third-order valence-corrected chi connectivity index (χ3v) is 6.94. The summed E-state index contributed by atoms with van der Waals surface area (Å²) in [6.07, 6.45) is 3.38. The number of aryl methyl sites for hydroxylation is 1. The van der Waals surface area contributed by atoms with Crippen LogP contribution in [0.4, 0.5) is 0 Å². The van der Waals surface area contributed by atoms with Gasteiger partial charge in [0.25, 0.3) is 5.91 Å². The van der Waals surface area contributed by atoms with Gasteiger partial charge in [0.1, 0.15) is 11.5 Å². The molecule has 9 nitrogen and oxygen atoms in total. The molecule has 0 saturated carbocycles. The Morgan fingerprint density at radius 3 is 2.59 bits per heavy atom. The summed E-state index contributed by atoms with van der Waals surface area (Å²) in [6, 6.07) is 10.5. The zero-order valence-electron chi connectivity index (χ0n) is 17.7. The number of carbonyl (C=O) groups excluding carboxylic acids is 1. The molecule has 168 valence electrons. The highest BCUT2D eigenvalue weighted by molar-refractivity contribution is 7.88. The van der Waals surface area contributed by atoms with Crippen molar-refractivity contribution < 1.29 is 22.4 Å². The first kappa shape index (κ1) is 22.1. The smallest absolute Gasteiger partial charge is 0.251 e. The van der Waals surface area contributed by atoms with E-state index < -0.39 is 10.0 Å². The van der Waals surface area contributed by atoms with E-state index >= 15 is 0 Å². The van der Waals surface area contributed by atoms with Crippen molar-refractivity contribution in [1.29, 1.82) is 0 Å². The summed E-state index contributed by atoms with van der Waals surface area (Å²) < 4.78 is 37.7. The predicted octanol–water partition coefficient (Wildman–Crippen LogP) is 2.14. The van der Waals surface area contributed by atoms with Crippen molar-refractivity contribution >= 4 is 15.9 Å². The number of morpholine rings is 1. The van der Waals surface area contributed by atoms with Crippen LogP contribution in [0.15, 0.2) is 53.2 Å². The molecular formula is C22H24N4O5S.